The van der Waals surface area contributed by atoms with Crippen LogP contribution in [0.15, 0.2) is 12.7 Å². The van der Waals surface area contributed by atoms with Gasteiger partial charge in [0.1, 0.15) is 0 Å². The Kier molecular flexibility index (Phi) is 17.2. The first-order valence-corrected chi connectivity index (χ1v) is 11.2. The zero-order valence-corrected chi connectivity index (χ0v) is 17.4. The highest BCUT2D eigenvalue weighted by Gasteiger charge is 2.12. The van der Waals surface area contributed by atoms with Gasteiger partial charge < -0.3 is 9.47 Å². The average Bonchev–Trinajstić information content (AvgIpc) is 2.70. The van der Waals surface area contributed by atoms with Crippen LogP contribution >= 0.6 is 0 Å². The summed E-state index contributed by atoms with van der Waals surface area (Å²) in [6, 6.07) is 0. The number of rotatable bonds is 14. The maximum absolute atomic E-state index is 5.73. The molecule has 1 atom stereocenters. The molecule has 1 aliphatic heterocycles. The molecule has 0 N–H and O–H groups in total. The zero-order valence-electron chi connectivity index (χ0n) is 17.4. The van der Waals surface area contributed by atoms with Gasteiger partial charge in [-0.15, -0.1) is 30.3 Å². The van der Waals surface area contributed by atoms with Crippen LogP contribution in [0.2, 0.25) is 0 Å². The van der Waals surface area contributed by atoms with E-state index in [-0.39, 0.29) is 6.29 Å². The third-order valence-electron chi connectivity index (χ3n) is 4.70. The molecule has 2 nitrogen and oxygen atoms in total. The molecular weight excluding hydrogens is 332 g/mol. The normalized spacial score (nSPS) is 16.1. The van der Waals surface area contributed by atoms with Crippen molar-refractivity contribution in [2.75, 3.05) is 13.2 Å². The van der Waals surface area contributed by atoms with Crippen molar-refractivity contribution in [3.63, 3.8) is 0 Å². The fourth-order valence-electron chi connectivity index (χ4n) is 3.02. The van der Waals surface area contributed by atoms with Gasteiger partial charge in [-0.3, -0.25) is 0 Å². The molecule has 0 aliphatic carbocycles. The molecule has 0 aromatic rings. The summed E-state index contributed by atoms with van der Waals surface area (Å²) >= 11 is 0. The van der Waals surface area contributed by atoms with Gasteiger partial charge in [0.2, 0.25) is 0 Å². The van der Waals surface area contributed by atoms with E-state index < -0.39 is 0 Å². The lowest BCUT2D eigenvalue weighted by molar-refractivity contribution is -0.162. The van der Waals surface area contributed by atoms with Gasteiger partial charge in [-0.2, -0.15) is 0 Å². The van der Waals surface area contributed by atoms with Crippen molar-refractivity contribution in [1.82, 2.24) is 0 Å². The molecule has 152 valence electrons. The Morgan fingerprint density at radius 1 is 0.778 bits per heavy atom. The van der Waals surface area contributed by atoms with Crippen LogP contribution in [0.5, 0.6) is 0 Å². The predicted octanol–water partition coefficient (Wildman–Crippen LogP) is 6.79. The highest BCUT2D eigenvalue weighted by Crippen LogP contribution is 2.14. The lowest BCUT2D eigenvalue weighted by Gasteiger charge is -2.22. The maximum atomic E-state index is 5.73. The van der Waals surface area contributed by atoms with Crippen molar-refractivity contribution in [3.05, 3.63) is 12.7 Å². The molecule has 27 heavy (non-hydrogen) atoms. The van der Waals surface area contributed by atoms with Crippen molar-refractivity contribution >= 4 is 0 Å². The topological polar surface area (TPSA) is 18.5 Å². The molecule has 0 spiro atoms. The van der Waals surface area contributed by atoms with Gasteiger partial charge >= 0.3 is 0 Å². The summed E-state index contributed by atoms with van der Waals surface area (Å²) in [5.74, 6) is 13.1. The second kappa shape index (κ2) is 19.5. The van der Waals surface area contributed by atoms with Gasteiger partial charge in [0.25, 0.3) is 0 Å². The molecule has 1 unspecified atom stereocenters. The lowest BCUT2D eigenvalue weighted by atomic mass is 10.1. The fraction of sp³-hybridized carbons (Fsp3) is 0.760. The minimum absolute atomic E-state index is 0.0548. The van der Waals surface area contributed by atoms with E-state index in [1.54, 1.807) is 0 Å². The summed E-state index contributed by atoms with van der Waals surface area (Å²) in [5.41, 5.74) is 0. The molecule has 0 radical (unpaired) electrons. The van der Waals surface area contributed by atoms with Crippen molar-refractivity contribution in [2.45, 2.75) is 109 Å². The Balaban J connectivity index is 1.76. The number of ether oxygens (including phenoxy) is 2. The van der Waals surface area contributed by atoms with Crippen molar-refractivity contribution in [1.29, 1.82) is 0 Å². The smallest absolute Gasteiger partial charge is 0.157 e. The van der Waals surface area contributed by atoms with Crippen LogP contribution in [0.25, 0.3) is 0 Å². The molecule has 1 fully saturated rings. The summed E-state index contributed by atoms with van der Waals surface area (Å²) in [7, 11) is 0. The molecule has 0 aromatic carbocycles. The van der Waals surface area contributed by atoms with E-state index in [0.717, 1.165) is 71.0 Å². The Bertz CT molecular complexity index is 454. The van der Waals surface area contributed by atoms with Crippen LogP contribution < -0.4 is 0 Å². The van der Waals surface area contributed by atoms with Gasteiger partial charge in [0, 0.05) is 38.9 Å². The fourth-order valence-corrected chi connectivity index (χ4v) is 3.02. The van der Waals surface area contributed by atoms with Crippen molar-refractivity contribution < 1.29 is 9.47 Å². The minimum Gasteiger partial charge on any atom is -0.353 e. The van der Waals surface area contributed by atoms with Gasteiger partial charge in [-0.1, -0.05) is 25.3 Å². The van der Waals surface area contributed by atoms with Crippen LogP contribution in [-0.4, -0.2) is 19.5 Å². The van der Waals surface area contributed by atoms with Crippen LogP contribution in [0.1, 0.15) is 103 Å². The molecule has 0 aromatic heterocycles. The zero-order chi connectivity index (χ0) is 19.3. The Morgan fingerprint density at radius 3 is 1.96 bits per heavy atom. The third-order valence-corrected chi connectivity index (χ3v) is 4.70. The van der Waals surface area contributed by atoms with Gasteiger partial charge in [0.05, 0.1) is 0 Å². The number of hydrogen-bond acceptors (Lipinski definition) is 2. The standard InChI is InChI=1S/C25H40O2/c1-2-3-4-5-6-7-8-9-10-11-12-13-14-15-16-17-18-20-23-26-25-22-19-21-24-27-25/h2,25H,1,3-5,8-14,17-24H2. The molecule has 1 aliphatic rings. The highest BCUT2D eigenvalue weighted by molar-refractivity contribution is 4.99. The first kappa shape index (κ1) is 23.8. The maximum Gasteiger partial charge on any atom is 0.157 e. The first-order valence-electron chi connectivity index (χ1n) is 11.2. The molecule has 1 rings (SSSR count). The van der Waals surface area contributed by atoms with Gasteiger partial charge in [-0.25, -0.2) is 0 Å². The monoisotopic (exact) mass is 372 g/mol. The largest absolute Gasteiger partial charge is 0.353 e. The predicted molar refractivity (Wildman–Crippen MR) is 115 cm³/mol. The van der Waals surface area contributed by atoms with Crippen molar-refractivity contribution in [2.24, 2.45) is 0 Å². The lowest BCUT2D eigenvalue weighted by Crippen LogP contribution is -2.22. The van der Waals surface area contributed by atoms with E-state index >= 15 is 0 Å². The first-order chi connectivity index (χ1) is 13.4. The summed E-state index contributed by atoms with van der Waals surface area (Å²) in [4.78, 5) is 0. The summed E-state index contributed by atoms with van der Waals surface area (Å²) in [5, 5.41) is 0. The van der Waals surface area contributed by atoms with Gasteiger partial charge in [0.15, 0.2) is 6.29 Å². The number of allylic oxidation sites excluding steroid dienone is 1. The van der Waals surface area contributed by atoms with Gasteiger partial charge in [-0.05, 0) is 57.8 Å². The second-order valence-electron chi connectivity index (χ2n) is 7.28. The molecular formula is C25H40O2. The van der Waals surface area contributed by atoms with Crippen molar-refractivity contribution in [3.8, 4) is 23.7 Å². The Labute approximate surface area is 168 Å². The van der Waals surface area contributed by atoms with Crippen LogP contribution in [-0.2, 0) is 9.47 Å². The molecule has 0 bridgehead atoms. The number of unbranched alkanes of at least 4 members (excludes halogenated alkanes) is 10. The molecule has 1 saturated heterocycles. The van der Waals surface area contributed by atoms with E-state index in [2.05, 4.69) is 30.3 Å². The second-order valence-corrected chi connectivity index (χ2v) is 7.28. The molecule has 0 amide bonds. The van der Waals surface area contributed by atoms with E-state index in [9.17, 15) is 0 Å². The summed E-state index contributed by atoms with van der Waals surface area (Å²) in [6.07, 6.45) is 20.5. The summed E-state index contributed by atoms with van der Waals surface area (Å²) in [6.45, 7) is 5.40. The van der Waals surface area contributed by atoms with E-state index in [4.69, 9.17) is 9.47 Å². The molecule has 2 heteroatoms. The third kappa shape index (κ3) is 16.7. The minimum atomic E-state index is 0.0548. The highest BCUT2D eigenvalue weighted by atomic mass is 16.7. The van der Waals surface area contributed by atoms with Crippen LogP contribution in [0.3, 0.4) is 0 Å². The average molecular weight is 373 g/mol. The van der Waals surface area contributed by atoms with E-state index in [0.29, 0.717) is 0 Å². The molecule has 1 heterocycles. The van der Waals surface area contributed by atoms with E-state index in [1.807, 2.05) is 6.08 Å². The Hall–Kier alpha value is -1.22. The van der Waals surface area contributed by atoms with Crippen LogP contribution in [0.4, 0.5) is 0 Å². The SMILES string of the molecule is C=CCCCC#CCCCCCCCC#CCCCCOC1CCCCO1. The Morgan fingerprint density at radius 2 is 1.37 bits per heavy atom. The van der Waals surface area contributed by atoms with E-state index in [1.165, 1.54) is 44.9 Å². The summed E-state index contributed by atoms with van der Waals surface area (Å²) < 4.78 is 11.3. The molecule has 0 saturated carbocycles. The number of hydrogen-bond donors (Lipinski definition) is 0. The van der Waals surface area contributed by atoms with Crippen LogP contribution in [0, 0.1) is 23.7 Å². The quantitative estimate of drug-likeness (QED) is 0.190.